The zero-order valence-electron chi connectivity index (χ0n) is 8.43. The number of hydrogen-bond acceptors (Lipinski definition) is 1. The summed E-state index contributed by atoms with van der Waals surface area (Å²) in [6, 6.07) is 0. The smallest absolute Gasteiger partial charge is 0.0999 e. The van der Waals surface area contributed by atoms with Crippen molar-refractivity contribution >= 4 is 0 Å². The molecule has 76 valence electrons. The van der Waals surface area contributed by atoms with Gasteiger partial charge in [0.2, 0.25) is 0 Å². The lowest BCUT2D eigenvalue weighted by atomic mass is 10.1. The molecule has 0 aromatic heterocycles. The van der Waals surface area contributed by atoms with Crippen LogP contribution in [0.1, 0.15) is 6.92 Å². The standard InChI is InChI=1S/C10H19N2.ClH/c1-10(2)9-12-6-3-11(4-7-12)5-8-12;/h1,3-9H2,2H3;1H/q+1;/p-1. The molecule has 3 heteroatoms. The van der Waals surface area contributed by atoms with E-state index in [1.54, 1.807) is 0 Å². The van der Waals surface area contributed by atoms with Crippen LogP contribution in [0.4, 0.5) is 0 Å². The van der Waals surface area contributed by atoms with E-state index in [1.807, 2.05) is 0 Å². The van der Waals surface area contributed by atoms with Crippen LogP contribution in [0.3, 0.4) is 0 Å². The van der Waals surface area contributed by atoms with E-state index in [1.165, 1.54) is 55.9 Å². The number of nitrogens with zero attached hydrogens (tertiary/aromatic N) is 2. The van der Waals surface area contributed by atoms with E-state index in [2.05, 4.69) is 18.4 Å². The first kappa shape index (κ1) is 11.0. The molecule has 2 nitrogen and oxygen atoms in total. The molecule has 0 aromatic carbocycles. The van der Waals surface area contributed by atoms with E-state index >= 15 is 0 Å². The van der Waals surface area contributed by atoms with Gasteiger partial charge >= 0.3 is 0 Å². The zero-order chi connectivity index (χ0) is 8.60. The van der Waals surface area contributed by atoms with Gasteiger partial charge in [-0.3, -0.25) is 4.90 Å². The number of quaternary nitrogens is 1. The molecule has 0 spiro atoms. The van der Waals surface area contributed by atoms with Crippen LogP contribution in [0.25, 0.3) is 0 Å². The topological polar surface area (TPSA) is 3.24 Å². The third-order valence-corrected chi connectivity index (χ3v) is 3.28. The van der Waals surface area contributed by atoms with Crippen LogP contribution in [-0.4, -0.2) is 55.2 Å². The van der Waals surface area contributed by atoms with Gasteiger partial charge in [0.25, 0.3) is 0 Å². The molecule has 0 atom stereocenters. The van der Waals surface area contributed by atoms with E-state index in [4.69, 9.17) is 0 Å². The molecule has 2 bridgehead atoms. The Hall–Kier alpha value is -0.0500. The molecule has 3 heterocycles. The summed E-state index contributed by atoms with van der Waals surface area (Å²) in [5.41, 5.74) is 1.35. The fourth-order valence-corrected chi connectivity index (χ4v) is 2.54. The van der Waals surface area contributed by atoms with Gasteiger partial charge in [-0.2, -0.15) is 0 Å². The maximum atomic E-state index is 4.03. The Morgan fingerprint density at radius 3 is 2.08 bits per heavy atom. The minimum atomic E-state index is 0. The van der Waals surface area contributed by atoms with Gasteiger partial charge in [-0.25, -0.2) is 0 Å². The molecule has 3 fully saturated rings. The molecule has 3 rings (SSSR count). The zero-order valence-corrected chi connectivity index (χ0v) is 9.19. The van der Waals surface area contributed by atoms with E-state index in [0.29, 0.717) is 0 Å². The average molecular weight is 203 g/mol. The molecule has 0 radical (unpaired) electrons. The van der Waals surface area contributed by atoms with E-state index in [0.717, 1.165) is 0 Å². The highest BCUT2D eigenvalue weighted by atomic mass is 35.5. The molecule has 0 aliphatic carbocycles. The molecule has 0 saturated carbocycles. The van der Waals surface area contributed by atoms with Crippen molar-refractivity contribution in [3.05, 3.63) is 12.2 Å². The second-order valence-corrected chi connectivity index (χ2v) is 4.47. The monoisotopic (exact) mass is 202 g/mol. The molecule has 0 amide bonds. The molecular weight excluding hydrogens is 184 g/mol. The molecule has 0 unspecified atom stereocenters. The van der Waals surface area contributed by atoms with Gasteiger partial charge in [0, 0.05) is 19.6 Å². The van der Waals surface area contributed by atoms with Crippen LogP contribution in [0.5, 0.6) is 0 Å². The Kier molecular flexibility index (Phi) is 3.38. The van der Waals surface area contributed by atoms with Crippen molar-refractivity contribution in [2.45, 2.75) is 6.92 Å². The SMILES string of the molecule is C=C(C)C[N+]12CCN(CC1)CC2.[Cl-]. The molecule has 13 heavy (non-hydrogen) atoms. The second kappa shape index (κ2) is 3.99. The van der Waals surface area contributed by atoms with Gasteiger partial charge in [0.15, 0.2) is 0 Å². The van der Waals surface area contributed by atoms with Crippen molar-refractivity contribution in [1.29, 1.82) is 0 Å². The Morgan fingerprint density at radius 1 is 1.23 bits per heavy atom. The van der Waals surface area contributed by atoms with Gasteiger partial charge in [-0.1, -0.05) is 6.58 Å². The Balaban J connectivity index is 0.000000845. The Labute approximate surface area is 87.2 Å². The van der Waals surface area contributed by atoms with Crippen LogP contribution in [0.2, 0.25) is 0 Å². The largest absolute Gasteiger partial charge is 1.00 e. The predicted molar refractivity (Wildman–Crippen MR) is 51.0 cm³/mol. The van der Waals surface area contributed by atoms with Crippen LogP contribution >= 0.6 is 0 Å². The molecule has 3 aliphatic heterocycles. The lowest BCUT2D eigenvalue weighted by Crippen LogP contribution is -3.00. The van der Waals surface area contributed by atoms with Crippen LogP contribution < -0.4 is 12.4 Å². The van der Waals surface area contributed by atoms with Crippen LogP contribution in [0, 0.1) is 0 Å². The Morgan fingerprint density at radius 2 is 1.69 bits per heavy atom. The number of piperazine rings is 3. The first-order chi connectivity index (χ1) is 5.70. The van der Waals surface area contributed by atoms with E-state index < -0.39 is 0 Å². The number of fused-ring (bicyclic) bond motifs is 3. The normalized spacial score (nSPS) is 36.8. The van der Waals surface area contributed by atoms with Crippen molar-refractivity contribution in [2.24, 2.45) is 0 Å². The molecule has 3 saturated heterocycles. The number of halogens is 1. The van der Waals surface area contributed by atoms with Gasteiger partial charge in [0.1, 0.15) is 0 Å². The number of rotatable bonds is 2. The third-order valence-electron chi connectivity index (χ3n) is 3.28. The summed E-state index contributed by atoms with van der Waals surface area (Å²) in [6.07, 6.45) is 0. The first-order valence-corrected chi connectivity index (χ1v) is 4.92. The second-order valence-electron chi connectivity index (χ2n) is 4.47. The maximum absolute atomic E-state index is 4.03. The maximum Gasteiger partial charge on any atom is 0.0999 e. The first-order valence-electron chi connectivity index (χ1n) is 4.92. The van der Waals surface area contributed by atoms with Crippen molar-refractivity contribution in [3.63, 3.8) is 0 Å². The summed E-state index contributed by atoms with van der Waals surface area (Å²) in [7, 11) is 0. The van der Waals surface area contributed by atoms with Crippen molar-refractivity contribution < 1.29 is 16.9 Å². The molecule has 3 aliphatic rings. The van der Waals surface area contributed by atoms with Crippen molar-refractivity contribution in [3.8, 4) is 0 Å². The van der Waals surface area contributed by atoms with Crippen molar-refractivity contribution in [1.82, 2.24) is 4.90 Å². The minimum Gasteiger partial charge on any atom is -1.00 e. The van der Waals surface area contributed by atoms with Gasteiger partial charge in [-0.15, -0.1) is 0 Å². The summed E-state index contributed by atoms with van der Waals surface area (Å²) in [4.78, 5) is 2.58. The Bertz CT molecular complexity index is 181. The quantitative estimate of drug-likeness (QED) is 0.360. The summed E-state index contributed by atoms with van der Waals surface area (Å²) in [5.74, 6) is 0. The highest BCUT2D eigenvalue weighted by Gasteiger charge is 2.37. The van der Waals surface area contributed by atoms with Crippen LogP contribution in [-0.2, 0) is 0 Å². The number of hydrogen-bond donors (Lipinski definition) is 0. The molecule has 0 N–H and O–H groups in total. The fourth-order valence-electron chi connectivity index (χ4n) is 2.54. The van der Waals surface area contributed by atoms with Crippen molar-refractivity contribution in [2.75, 3.05) is 45.8 Å². The lowest BCUT2D eigenvalue weighted by molar-refractivity contribution is -0.936. The van der Waals surface area contributed by atoms with E-state index in [-0.39, 0.29) is 12.4 Å². The van der Waals surface area contributed by atoms with E-state index in [9.17, 15) is 0 Å². The summed E-state index contributed by atoms with van der Waals surface area (Å²) < 4.78 is 1.33. The van der Waals surface area contributed by atoms with Gasteiger partial charge < -0.3 is 16.9 Å². The highest BCUT2D eigenvalue weighted by molar-refractivity contribution is 4.89. The molecule has 0 aromatic rings. The summed E-state index contributed by atoms with van der Waals surface area (Å²) in [6.45, 7) is 15.4. The summed E-state index contributed by atoms with van der Waals surface area (Å²) >= 11 is 0. The highest BCUT2D eigenvalue weighted by Crippen LogP contribution is 2.20. The minimum absolute atomic E-state index is 0. The fraction of sp³-hybridized carbons (Fsp3) is 0.800. The summed E-state index contributed by atoms with van der Waals surface area (Å²) in [5, 5.41) is 0. The van der Waals surface area contributed by atoms with Gasteiger partial charge in [-0.05, 0) is 12.5 Å². The van der Waals surface area contributed by atoms with Crippen LogP contribution in [0.15, 0.2) is 12.2 Å². The predicted octanol–water partition coefficient (Wildman–Crippen LogP) is -2.29. The third kappa shape index (κ3) is 2.25. The molecular formula is C10H19ClN2. The average Bonchev–Trinajstić information content (AvgIpc) is 2.05. The lowest BCUT2D eigenvalue weighted by Gasteiger charge is -2.50. The van der Waals surface area contributed by atoms with Gasteiger partial charge in [0.05, 0.1) is 26.2 Å².